The van der Waals surface area contributed by atoms with Crippen LogP contribution in [-0.2, 0) is 39.9 Å². The van der Waals surface area contributed by atoms with Crippen molar-refractivity contribution in [1.82, 2.24) is 25.4 Å². The van der Waals surface area contributed by atoms with Gasteiger partial charge in [0.1, 0.15) is 37.7 Å². The van der Waals surface area contributed by atoms with Gasteiger partial charge in [0.05, 0.1) is 55.2 Å². The zero-order valence-electron chi connectivity index (χ0n) is 41.2. The second-order valence-corrected chi connectivity index (χ2v) is 19.1. The minimum atomic E-state index is -0.983. The Balaban J connectivity index is 0.850. The number of hydrogen-bond acceptors (Lipinski definition) is 11. The Morgan fingerprint density at radius 2 is 1.43 bits per heavy atom. The molecule has 1 aliphatic heterocycles. The predicted molar refractivity (Wildman–Crippen MR) is 273 cm³/mol. The van der Waals surface area contributed by atoms with E-state index >= 15 is 0 Å². The first-order chi connectivity index (χ1) is 33.7. The van der Waals surface area contributed by atoms with E-state index in [9.17, 15) is 24.3 Å². The number of β-amino-alcohol motifs (C(OH)–C–C–N with tert-alkyl or cyclic N) is 1. The smallest absolute Gasteiger partial charge is 0.248 e. The number of carbonyl (C=O) groups is 4. The molecular weight excluding hydrogens is 907 g/mol. The molecule has 5 aromatic rings. The van der Waals surface area contributed by atoms with Crippen LogP contribution in [0.5, 0.6) is 5.75 Å². The number of aryl methyl sites for hydroxylation is 1. The van der Waals surface area contributed by atoms with Gasteiger partial charge in [0, 0.05) is 26.6 Å². The third kappa shape index (κ3) is 15.1. The highest BCUT2D eigenvalue weighted by Gasteiger charge is 2.44. The summed E-state index contributed by atoms with van der Waals surface area (Å²) in [5.74, 6) is -0.818. The Morgan fingerprint density at radius 1 is 0.814 bits per heavy atom. The summed E-state index contributed by atoms with van der Waals surface area (Å²) in [6, 6.07) is 34.9. The lowest BCUT2D eigenvalue weighted by atomic mass is 9.85. The van der Waals surface area contributed by atoms with Crippen molar-refractivity contribution in [3.8, 4) is 16.2 Å². The van der Waals surface area contributed by atoms with E-state index < -0.39 is 35.4 Å². The first kappa shape index (κ1) is 53.1. The molecule has 3 N–H and O–H groups in total. The lowest BCUT2D eigenvalue weighted by Gasteiger charge is -2.35. The second kappa shape index (κ2) is 26.1. The van der Waals surface area contributed by atoms with E-state index in [2.05, 4.69) is 83.2 Å². The number of ether oxygens (including phenoxy) is 4. The van der Waals surface area contributed by atoms with E-state index in [1.54, 1.807) is 23.3 Å². The fourth-order valence-corrected chi connectivity index (χ4v) is 8.99. The molecule has 1 fully saturated rings. The number of likely N-dealkylation sites (tertiary alicyclic amines) is 1. The van der Waals surface area contributed by atoms with Crippen LogP contribution < -0.4 is 15.4 Å². The molecule has 4 aromatic carbocycles. The van der Waals surface area contributed by atoms with Crippen molar-refractivity contribution >= 4 is 46.1 Å². The Hall–Kier alpha value is -6.23. The molecule has 3 atom stereocenters. The Labute approximate surface area is 416 Å². The van der Waals surface area contributed by atoms with Crippen LogP contribution in [0.1, 0.15) is 68.5 Å². The monoisotopic (exact) mass is 973 g/mol. The molecule has 0 aliphatic carbocycles. The van der Waals surface area contributed by atoms with Crippen LogP contribution in [0.25, 0.3) is 21.6 Å². The highest BCUT2D eigenvalue weighted by Crippen LogP contribution is 2.35. The first-order valence-corrected chi connectivity index (χ1v) is 24.7. The standard InChI is InChI=1S/C55H67N5O9S/c1-7-46(40-14-10-8-11-15-40)50(41-16-12-9-13-17-41)42-22-24-45(25-23-42)69-27-26-59(6)49(63)36-68-31-29-66-28-30-67-35-48(62)58-52(55(3,4)5)54(65)60-34-44(61)32-47(60)53(64)56-33-39-18-20-43(21-19-39)51-38(2)57-37-70-51/h8-25,37,44,47,52,61H,7,26-36H2,1-6H3,(H,56,64)(H,58,62)/b50-46-/t44-,47+,52-/m1/s1. The van der Waals surface area contributed by atoms with Gasteiger partial charge >= 0.3 is 0 Å². The fraction of sp³-hybridized carbons (Fsp3) is 0.400. The molecule has 372 valence electrons. The second-order valence-electron chi connectivity index (χ2n) is 18.3. The number of benzene rings is 4. The first-order valence-electron chi connectivity index (χ1n) is 23.8. The lowest BCUT2D eigenvalue weighted by molar-refractivity contribution is -0.144. The van der Waals surface area contributed by atoms with Gasteiger partial charge in [-0.1, -0.05) is 125 Å². The van der Waals surface area contributed by atoms with E-state index in [4.69, 9.17) is 18.9 Å². The number of rotatable bonds is 24. The fourth-order valence-electron chi connectivity index (χ4n) is 8.18. The molecule has 4 amide bonds. The Bertz CT molecular complexity index is 2490. The van der Waals surface area contributed by atoms with E-state index in [1.165, 1.54) is 21.6 Å². The lowest BCUT2D eigenvalue weighted by Crippen LogP contribution is -2.58. The highest BCUT2D eigenvalue weighted by molar-refractivity contribution is 7.13. The topological polar surface area (TPSA) is 169 Å². The molecule has 0 spiro atoms. The molecule has 1 saturated heterocycles. The van der Waals surface area contributed by atoms with Gasteiger partial charge in [-0.15, -0.1) is 11.3 Å². The van der Waals surface area contributed by atoms with Crippen molar-refractivity contribution in [3.63, 3.8) is 0 Å². The number of aromatic nitrogens is 1. The summed E-state index contributed by atoms with van der Waals surface area (Å²) in [7, 11) is 1.70. The van der Waals surface area contributed by atoms with Crippen molar-refractivity contribution in [1.29, 1.82) is 0 Å². The third-order valence-corrected chi connectivity index (χ3v) is 13.0. The molecule has 14 nitrogen and oxygen atoms in total. The molecule has 0 bridgehead atoms. The van der Waals surface area contributed by atoms with Crippen LogP contribution in [0.3, 0.4) is 0 Å². The summed E-state index contributed by atoms with van der Waals surface area (Å²) in [5, 5.41) is 16.3. The average Bonchev–Trinajstić information content (AvgIpc) is 3.98. The number of amides is 4. The van der Waals surface area contributed by atoms with Crippen LogP contribution in [0.4, 0.5) is 0 Å². The SMILES string of the molecule is CC/C(=C(\c1ccccc1)c1ccc(OCCN(C)C(=O)COCCOCCOCC(=O)N[C@H](C(=O)N2C[C@H](O)C[C@H]2C(=O)NCc2ccc(-c3scnc3C)cc2)C(C)(C)C)cc1)c1ccccc1. The van der Waals surface area contributed by atoms with Crippen LogP contribution in [-0.4, -0.2) is 128 Å². The van der Waals surface area contributed by atoms with Gasteiger partial charge in [-0.2, -0.15) is 0 Å². The van der Waals surface area contributed by atoms with Gasteiger partial charge in [0.25, 0.3) is 0 Å². The zero-order valence-corrected chi connectivity index (χ0v) is 42.0. The van der Waals surface area contributed by atoms with Gasteiger partial charge in [0.2, 0.25) is 23.6 Å². The quantitative estimate of drug-likeness (QED) is 0.0426. The number of hydrogen-bond donors (Lipinski definition) is 3. The Morgan fingerprint density at radius 3 is 2.04 bits per heavy atom. The number of aliphatic hydroxyl groups is 1. The van der Waals surface area contributed by atoms with Crippen molar-refractivity contribution in [3.05, 3.63) is 143 Å². The van der Waals surface area contributed by atoms with Crippen molar-refractivity contribution in [2.24, 2.45) is 5.41 Å². The van der Waals surface area contributed by atoms with Crippen LogP contribution in [0.2, 0.25) is 0 Å². The van der Waals surface area contributed by atoms with Crippen LogP contribution in [0.15, 0.2) is 115 Å². The van der Waals surface area contributed by atoms with Crippen molar-refractivity contribution in [2.75, 3.05) is 66.4 Å². The zero-order chi connectivity index (χ0) is 50.0. The largest absolute Gasteiger partial charge is 0.492 e. The van der Waals surface area contributed by atoms with Crippen LogP contribution >= 0.6 is 11.3 Å². The molecule has 0 saturated carbocycles. The van der Waals surface area contributed by atoms with Gasteiger partial charge in [0.15, 0.2) is 0 Å². The maximum atomic E-state index is 14.0. The number of aliphatic hydroxyl groups excluding tert-OH is 1. The van der Waals surface area contributed by atoms with E-state index in [0.717, 1.165) is 39.2 Å². The van der Waals surface area contributed by atoms with Crippen LogP contribution in [0, 0.1) is 12.3 Å². The molecular formula is C55H67N5O9S. The summed E-state index contributed by atoms with van der Waals surface area (Å²) < 4.78 is 22.6. The minimum absolute atomic E-state index is 0.0268. The maximum Gasteiger partial charge on any atom is 0.248 e. The number of allylic oxidation sites excluding steroid dienone is 1. The summed E-state index contributed by atoms with van der Waals surface area (Å²) in [4.78, 5) is 61.4. The highest BCUT2D eigenvalue weighted by atomic mass is 32.1. The molecule has 2 heterocycles. The maximum absolute atomic E-state index is 14.0. The number of nitrogens with zero attached hydrogens (tertiary/aromatic N) is 3. The Kier molecular flexibility index (Phi) is 19.8. The molecule has 0 unspecified atom stereocenters. The van der Waals surface area contributed by atoms with Crippen molar-refractivity contribution < 1.29 is 43.2 Å². The predicted octanol–water partition coefficient (Wildman–Crippen LogP) is 7.18. The van der Waals surface area contributed by atoms with Gasteiger partial charge in [-0.25, -0.2) is 4.98 Å². The molecule has 1 aromatic heterocycles. The summed E-state index contributed by atoms with van der Waals surface area (Å²) in [6.45, 7) is 10.8. The molecule has 15 heteroatoms. The van der Waals surface area contributed by atoms with E-state index in [-0.39, 0.29) is 71.0 Å². The van der Waals surface area contributed by atoms with E-state index in [0.29, 0.717) is 18.9 Å². The average molecular weight is 974 g/mol. The third-order valence-electron chi connectivity index (χ3n) is 12.0. The molecule has 1 aliphatic rings. The van der Waals surface area contributed by atoms with Gasteiger partial charge < -0.3 is 44.5 Å². The number of nitrogens with one attached hydrogen (secondary N) is 2. The molecule has 70 heavy (non-hydrogen) atoms. The number of likely N-dealkylation sites (N-methyl/N-ethyl adjacent to an activating group) is 1. The summed E-state index contributed by atoms with van der Waals surface area (Å²) in [6.07, 6.45) is 0.0814. The van der Waals surface area contributed by atoms with Gasteiger partial charge in [-0.3, -0.25) is 19.2 Å². The van der Waals surface area contributed by atoms with Crippen molar-refractivity contribution in [2.45, 2.75) is 72.2 Å². The molecule has 6 rings (SSSR count). The number of thiazole rings is 1. The number of carbonyl (C=O) groups excluding carboxylic acids is 4. The summed E-state index contributed by atoms with van der Waals surface area (Å²) in [5.41, 5.74) is 9.88. The minimum Gasteiger partial charge on any atom is -0.492 e. The molecule has 0 radical (unpaired) electrons. The summed E-state index contributed by atoms with van der Waals surface area (Å²) >= 11 is 1.57. The normalized spacial score (nSPS) is 15.5. The van der Waals surface area contributed by atoms with E-state index in [1.807, 2.05) is 81.7 Å². The van der Waals surface area contributed by atoms with Gasteiger partial charge in [-0.05, 0) is 69.9 Å².